The van der Waals surface area contributed by atoms with E-state index >= 15 is 0 Å². The molecule has 9 nitrogen and oxygen atoms in total. The molecule has 1 saturated carbocycles. The van der Waals surface area contributed by atoms with Gasteiger partial charge >= 0.3 is 12.0 Å². The largest absolute Gasteiger partial charge is 0.489 e. The van der Waals surface area contributed by atoms with E-state index in [2.05, 4.69) is 15.8 Å². The maximum atomic E-state index is 12.3. The average Bonchev–Trinajstić information content (AvgIpc) is 3.36. The zero-order valence-corrected chi connectivity index (χ0v) is 17.9. The number of aryl methyl sites for hydroxylation is 2. The second-order valence-electron chi connectivity index (χ2n) is 7.61. The number of benzene rings is 1. The molecule has 166 valence electrons. The normalized spacial score (nSPS) is 14.7. The first kappa shape index (κ1) is 22.3. The van der Waals surface area contributed by atoms with Crippen molar-refractivity contribution >= 4 is 17.9 Å². The third-order valence-corrected chi connectivity index (χ3v) is 5.23. The van der Waals surface area contributed by atoms with Gasteiger partial charge in [-0.25, -0.2) is 9.59 Å². The molecule has 1 unspecified atom stereocenters. The topological polar surface area (TPSA) is 120 Å². The highest BCUT2D eigenvalue weighted by atomic mass is 16.5. The van der Waals surface area contributed by atoms with Gasteiger partial charge in [-0.15, -0.1) is 0 Å². The summed E-state index contributed by atoms with van der Waals surface area (Å²) in [6.07, 6.45) is 2.83. The molecular weight excluding hydrogens is 402 g/mol. The van der Waals surface area contributed by atoms with Crippen molar-refractivity contribution in [2.75, 3.05) is 0 Å². The standard InChI is InChI=1S/C22H27N3O6/c1-13-19(14(2)31-25-13)12-29-18-10-8-16(9-11-18)21(27)30-15(3)20(26)24-22(28)23-17-6-4-5-7-17/h8-11,15,17H,4-7,12H2,1-3H3,(H2,23,24,26,28). The minimum Gasteiger partial charge on any atom is -0.489 e. The van der Waals surface area contributed by atoms with Crippen molar-refractivity contribution in [2.24, 2.45) is 0 Å². The Balaban J connectivity index is 1.46. The van der Waals surface area contributed by atoms with Gasteiger partial charge < -0.3 is 19.3 Å². The Morgan fingerprint density at radius 3 is 2.45 bits per heavy atom. The first-order valence-corrected chi connectivity index (χ1v) is 10.3. The minimum atomic E-state index is -1.11. The van der Waals surface area contributed by atoms with E-state index in [1.165, 1.54) is 6.92 Å². The first-order valence-electron chi connectivity index (χ1n) is 10.3. The Bertz CT molecular complexity index is 912. The predicted octanol–water partition coefficient (Wildman–Crippen LogP) is 3.18. The summed E-state index contributed by atoms with van der Waals surface area (Å²) in [6.45, 7) is 5.36. The van der Waals surface area contributed by atoms with Crippen LogP contribution in [0, 0.1) is 13.8 Å². The van der Waals surface area contributed by atoms with Crippen LogP contribution < -0.4 is 15.4 Å². The molecule has 1 aromatic carbocycles. The summed E-state index contributed by atoms with van der Waals surface area (Å²) in [6, 6.07) is 5.87. The number of urea groups is 1. The third-order valence-electron chi connectivity index (χ3n) is 5.23. The van der Waals surface area contributed by atoms with E-state index in [4.69, 9.17) is 14.0 Å². The number of hydrogen-bond acceptors (Lipinski definition) is 7. The summed E-state index contributed by atoms with van der Waals surface area (Å²) in [5, 5.41) is 8.84. The van der Waals surface area contributed by atoms with Crippen molar-refractivity contribution in [1.29, 1.82) is 0 Å². The number of nitrogens with one attached hydrogen (secondary N) is 2. The lowest BCUT2D eigenvalue weighted by Gasteiger charge is -2.15. The van der Waals surface area contributed by atoms with Crippen LogP contribution in [0.4, 0.5) is 4.79 Å². The van der Waals surface area contributed by atoms with Gasteiger partial charge in [-0.3, -0.25) is 10.1 Å². The van der Waals surface area contributed by atoms with Gasteiger partial charge in [0.05, 0.1) is 16.8 Å². The van der Waals surface area contributed by atoms with Gasteiger partial charge in [0.1, 0.15) is 18.1 Å². The summed E-state index contributed by atoms with van der Waals surface area (Å²) < 4.78 is 16.0. The second kappa shape index (κ2) is 10.1. The maximum absolute atomic E-state index is 12.3. The molecule has 1 fully saturated rings. The summed E-state index contributed by atoms with van der Waals surface area (Å²) in [5.41, 5.74) is 1.90. The number of hydrogen-bond donors (Lipinski definition) is 2. The molecule has 31 heavy (non-hydrogen) atoms. The van der Waals surface area contributed by atoms with Crippen LogP contribution in [0.15, 0.2) is 28.8 Å². The van der Waals surface area contributed by atoms with Crippen molar-refractivity contribution in [3.8, 4) is 5.75 Å². The summed E-state index contributed by atoms with van der Waals surface area (Å²) >= 11 is 0. The van der Waals surface area contributed by atoms with Gasteiger partial charge in [0.25, 0.3) is 5.91 Å². The number of imide groups is 1. The highest BCUT2D eigenvalue weighted by Crippen LogP contribution is 2.19. The number of carbonyl (C=O) groups excluding carboxylic acids is 3. The molecule has 0 aliphatic heterocycles. The molecule has 1 atom stereocenters. The van der Waals surface area contributed by atoms with Gasteiger partial charge in [0.15, 0.2) is 6.10 Å². The fraction of sp³-hybridized carbons (Fsp3) is 0.455. The molecule has 2 aromatic rings. The molecule has 0 spiro atoms. The summed E-state index contributed by atoms with van der Waals surface area (Å²) in [7, 11) is 0. The number of ether oxygens (including phenoxy) is 2. The molecule has 9 heteroatoms. The highest BCUT2D eigenvalue weighted by molar-refractivity contribution is 5.98. The highest BCUT2D eigenvalue weighted by Gasteiger charge is 2.23. The Kier molecular flexibility index (Phi) is 7.28. The van der Waals surface area contributed by atoms with Crippen LogP contribution in [0.2, 0.25) is 0 Å². The van der Waals surface area contributed by atoms with Gasteiger partial charge in [-0.05, 0) is 57.9 Å². The molecule has 1 aliphatic carbocycles. The molecule has 0 bridgehead atoms. The Morgan fingerprint density at radius 2 is 1.84 bits per heavy atom. The molecule has 1 aromatic heterocycles. The van der Waals surface area contributed by atoms with Crippen LogP contribution in [-0.4, -0.2) is 35.2 Å². The molecule has 1 aliphatic rings. The average molecular weight is 429 g/mol. The Hall–Kier alpha value is -3.36. The van der Waals surface area contributed by atoms with E-state index in [9.17, 15) is 14.4 Å². The van der Waals surface area contributed by atoms with E-state index < -0.39 is 24.0 Å². The number of nitrogens with zero attached hydrogens (tertiary/aromatic N) is 1. The molecule has 3 rings (SSSR count). The van der Waals surface area contributed by atoms with Gasteiger partial charge in [0.2, 0.25) is 0 Å². The SMILES string of the molecule is Cc1noc(C)c1COc1ccc(C(=O)OC(C)C(=O)NC(=O)NC2CCCC2)cc1. The number of esters is 1. The van der Waals surface area contributed by atoms with E-state index in [-0.39, 0.29) is 11.6 Å². The van der Waals surface area contributed by atoms with Crippen molar-refractivity contribution in [3.63, 3.8) is 0 Å². The van der Waals surface area contributed by atoms with Crippen molar-refractivity contribution in [3.05, 3.63) is 46.8 Å². The van der Waals surface area contributed by atoms with Gasteiger partial charge in [-0.2, -0.15) is 0 Å². The van der Waals surface area contributed by atoms with E-state index in [1.54, 1.807) is 24.3 Å². The zero-order valence-electron chi connectivity index (χ0n) is 17.9. The molecule has 1 heterocycles. The minimum absolute atomic E-state index is 0.0870. The lowest BCUT2D eigenvalue weighted by atomic mass is 10.2. The molecule has 2 N–H and O–H groups in total. The number of rotatable bonds is 7. The molecule has 0 saturated heterocycles. The Morgan fingerprint density at radius 1 is 1.16 bits per heavy atom. The summed E-state index contributed by atoms with van der Waals surface area (Å²) in [5.74, 6) is -0.0906. The maximum Gasteiger partial charge on any atom is 0.338 e. The van der Waals surface area contributed by atoms with Gasteiger partial charge in [-0.1, -0.05) is 18.0 Å². The monoisotopic (exact) mass is 429 g/mol. The lowest BCUT2D eigenvalue weighted by Crippen LogP contribution is -2.47. The first-order chi connectivity index (χ1) is 14.8. The quantitative estimate of drug-likeness (QED) is 0.649. The smallest absolute Gasteiger partial charge is 0.338 e. The van der Waals surface area contributed by atoms with Crippen LogP contribution in [0.1, 0.15) is 60.0 Å². The third kappa shape index (κ3) is 6.07. The van der Waals surface area contributed by atoms with Gasteiger partial charge in [0, 0.05) is 6.04 Å². The van der Waals surface area contributed by atoms with Crippen LogP contribution in [0.5, 0.6) is 5.75 Å². The van der Waals surface area contributed by atoms with E-state index in [1.807, 2.05) is 13.8 Å². The molecule has 3 amide bonds. The van der Waals surface area contributed by atoms with E-state index in [0.717, 1.165) is 36.9 Å². The molecule has 0 radical (unpaired) electrons. The van der Waals surface area contributed by atoms with Crippen molar-refractivity contribution in [1.82, 2.24) is 15.8 Å². The number of amides is 3. The van der Waals surface area contributed by atoms with Crippen LogP contribution in [-0.2, 0) is 16.1 Å². The fourth-order valence-electron chi connectivity index (χ4n) is 3.34. The van der Waals surface area contributed by atoms with Crippen LogP contribution in [0.3, 0.4) is 0 Å². The number of aromatic nitrogens is 1. The van der Waals surface area contributed by atoms with Crippen molar-refractivity contribution < 1.29 is 28.4 Å². The van der Waals surface area contributed by atoms with E-state index in [0.29, 0.717) is 18.1 Å². The fourth-order valence-corrected chi connectivity index (χ4v) is 3.34. The zero-order chi connectivity index (χ0) is 22.4. The van der Waals surface area contributed by atoms with Crippen molar-refractivity contribution in [2.45, 2.75) is 65.2 Å². The second-order valence-corrected chi connectivity index (χ2v) is 7.61. The predicted molar refractivity (Wildman–Crippen MR) is 111 cm³/mol. The molecular formula is C22H27N3O6. The number of carbonyl (C=O) groups is 3. The van der Waals surface area contributed by atoms with Crippen LogP contribution >= 0.6 is 0 Å². The Labute approximate surface area is 180 Å². The van der Waals surface area contributed by atoms with Crippen LogP contribution in [0.25, 0.3) is 0 Å². The summed E-state index contributed by atoms with van der Waals surface area (Å²) in [4.78, 5) is 36.3. The lowest BCUT2D eigenvalue weighted by molar-refractivity contribution is -0.127.